The Hall–Kier alpha value is -0.750. The van der Waals surface area contributed by atoms with Crippen LogP contribution in [0.15, 0.2) is 16.9 Å². The molecule has 0 aliphatic rings. The SMILES string of the molecule is Cl.NCC(Cc1ccon1)C(F)(F)F. The fourth-order valence-corrected chi connectivity index (χ4v) is 0.928. The zero-order valence-corrected chi connectivity index (χ0v) is 7.94. The molecule has 82 valence electrons. The Bertz CT molecular complexity index is 250. The smallest absolute Gasteiger partial charge is 0.365 e. The second-order valence-electron chi connectivity index (χ2n) is 2.67. The summed E-state index contributed by atoms with van der Waals surface area (Å²) in [5.41, 5.74) is 5.27. The monoisotopic (exact) mass is 230 g/mol. The lowest BCUT2D eigenvalue weighted by Gasteiger charge is -2.16. The summed E-state index contributed by atoms with van der Waals surface area (Å²) in [7, 11) is 0. The van der Waals surface area contributed by atoms with Crippen molar-refractivity contribution in [3.8, 4) is 0 Å². The molecule has 2 N–H and O–H groups in total. The number of nitrogens with zero attached hydrogens (tertiary/aromatic N) is 1. The van der Waals surface area contributed by atoms with Crippen molar-refractivity contribution in [2.45, 2.75) is 12.6 Å². The molecule has 0 aromatic carbocycles. The summed E-state index contributed by atoms with van der Waals surface area (Å²) in [6.45, 7) is -0.434. The van der Waals surface area contributed by atoms with E-state index in [9.17, 15) is 13.2 Å². The van der Waals surface area contributed by atoms with Crippen molar-refractivity contribution in [3.63, 3.8) is 0 Å². The summed E-state index contributed by atoms with van der Waals surface area (Å²) in [5, 5.41) is 3.39. The molecular weight excluding hydrogens is 221 g/mol. The van der Waals surface area contributed by atoms with Gasteiger partial charge in [0.2, 0.25) is 0 Å². The molecule has 0 bridgehead atoms. The van der Waals surface area contributed by atoms with Crippen molar-refractivity contribution in [3.05, 3.63) is 18.0 Å². The third-order valence-electron chi connectivity index (χ3n) is 1.69. The summed E-state index contributed by atoms with van der Waals surface area (Å²) < 4.78 is 40.9. The van der Waals surface area contributed by atoms with Gasteiger partial charge in [0.25, 0.3) is 0 Å². The minimum atomic E-state index is -4.27. The third-order valence-corrected chi connectivity index (χ3v) is 1.69. The first-order chi connectivity index (χ1) is 6.04. The molecule has 7 heteroatoms. The molecule has 0 saturated heterocycles. The maximum atomic E-state index is 12.2. The van der Waals surface area contributed by atoms with Gasteiger partial charge in [0, 0.05) is 19.0 Å². The quantitative estimate of drug-likeness (QED) is 0.861. The molecule has 1 rings (SSSR count). The topological polar surface area (TPSA) is 52.0 Å². The highest BCUT2D eigenvalue weighted by molar-refractivity contribution is 5.85. The molecule has 1 heterocycles. The lowest BCUT2D eigenvalue weighted by Crippen LogP contribution is -2.32. The minimum absolute atomic E-state index is 0. The van der Waals surface area contributed by atoms with Gasteiger partial charge in [-0.25, -0.2) is 0 Å². The van der Waals surface area contributed by atoms with Crippen LogP contribution in [-0.2, 0) is 6.42 Å². The second kappa shape index (κ2) is 5.21. The highest BCUT2D eigenvalue weighted by Crippen LogP contribution is 2.27. The Morgan fingerprint density at radius 2 is 2.14 bits per heavy atom. The van der Waals surface area contributed by atoms with Crippen LogP contribution < -0.4 is 5.73 Å². The van der Waals surface area contributed by atoms with E-state index in [-0.39, 0.29) is 24.5 Å². The van der Waals surface area contributed by atoms with E-state index in [0.717, 1.165) is 0 Å². The van der Waals surface area contributed by atoms with Crippen LogP contribution in [0.4, 0.5) is 13.2 Å². The highest BCUT2D eigenvalue weighted by Gasteiger charge is 2.38. The molecule has 1 aromatic rings. The van der Waals surface area contributed by atoms with Gasteiger partial charge in [0.1, 0.15) is 6.26 Å². The number of nitrogens with two attached hydrogens (primary N) is 1. The van der Waals surface area contributed by atoms with Gasteiger partial charge in [0.15, 0.2) is 0 Å². The lowest BCUT2D eigenvalue weighted by atomic mass is 10.0. The number of rotatable bonds is 3. The standard InChI is InChI=1S/C7H9F3N2O.ClH/c8-7(9,10)5(4-11)3-6-1-2-13-12-6;/h1-2,5H,3-4,11H2;1H. The Morgan fingerprint density at radius 1 is 1.50 bits per heavy atom. The van der Waals surface area contributed by atoms with Gasteiger partial charge >= 0.3 is 6.18 Å². The summed E-state index contributed by atoms with van der Waals surface area (Å²) in [5.74, 6) is -1.54. The van der Waals surface area contributed by atoms with E-state index in [1.54, 1.807) is 0 Å². The van der Waals surface area contributed by atoms with E-state index in [0.29, 0.717) is 0 Å². The number of aromatic nitrogens is 1. The maximum absolute atomic E-state index is 12.2. The maximum Gasteiger partial charge on any atom is 0.393 e. The summed E-state index contributed by atoms with van der Waals surface area (Å²) in [6, 6.07) is 1.40. The van der Waals surface area contributed by atoms with Crippen LogP contribution in [0.5, 0.6) is 0 Å². The summed E-state index contributed by atoms with van der Waals surface area (Å²) in [4.78, 5) is 0. The van der Waals surface area contributed by atoms with Crippen molar-refractivity contribution >= 4 is 12.4 Å². The third kappa shape index (κ3) is 3.55. The first-order valence-corrected chi connectivity index (χ1v) is 3.70. The fourth-order valence-electron chi connectivity index (χ4n) is 0.928. The van der Waals surface area contributed by atoms with Crippen LogP contribution >= 0.6 is 12.4 Å². The molecule has 0 fully saturated rings. The molecular formula is C7H10ClF3N2O. The average Bonchev–Trinajstić information content (AvgIpc) is 2.49. The average molecular weight is 231 g/mol. The second-order valence-corrected chi connectivity index (χ2v) is 2.67. The van der Waals surface area contributed by atoms with Gasteiger partial charge in [-0.2, -0.15) is 13.2 Å². The lowest BCUT2D eigenvalue weighted by molar-refractivity contribution is -0.171. The molecule has 0 radical (unpaired) electrons. The minimum Gasteiger partial charge on any atom is -0.365 e. The summed E-state index contributed by atoms with van der Waals surface area (Å²) in [6.07, 6.45) is -3.26. The molecule has 1 atom stereocenters. The van der Waals surface area contributed by atoms with Gasteiger partial charge in [-0.1, -0.05) is 5.16 Å². The van der Waals surface area contributed by atoms with Crippen molar-refractivity contribution in [1.29, 1.82) is 0 Å². The molecule has 1 aromatic heterocycles. The molecule has 0 saturated carbocycles. The van der Waals surface area contributed by atoms with E-state index in [1.807, 2.05) is 0 Å². The first kappa shape index (κ1) is 13.2. The number of hydrogen-bond acceptors (Lipinski definition) is 3. The number of alkyl halides is 3. The van der Waals surface area contributed by atoms with Crippen molar-refractivity contribution < 1.29 is 17.7 Å². The summed E-state index contributed by atoms with van der Waals surface area (Å²) >= 11 is 0. The number of halogens is 4. The Kier molecular flexibility index (Phi) is 4.93. The van der Waals surface area contributed by atoms with Crippen LogP contribution in [0.1, 0.15) is 5.69 Å². The molecule has 0 spiro atoms. The predicted octanol–water partition coefficient (Wildman–Crippen LogP) is 1.78. The van der Waals surface area contributed by atoms with Gasteiger partial charge in [-0.15, -0.1) is 12.4 Å². The van der Waals surface area contributed by atoms with Crippen LogP contribution in [-0.4, -0.2) is 17.9 Å². The van der Waals surface area contributed by atoms with Gasteiger partial charge < -0.3 is 10.3 Å². The van der Waals surface area contributed by atoms with E-state index in [4.69, 9.17) is 5.73 Å². The van der Waals surface area contributed by atoms with E-state index in [2.05, 4.69) is 9.68 Å². The van der Waals surface area contributed by atoms with Crippen molar-refractivity contribution in [2.24, 2.45) is 11.7 Å². The molecule has 14 heavy (non-hydrogen) atoms. The molecule has 3 nitrogen and oxygen atoms in total. The molecule has 0 aliphatic carbocycles. The largest absolute Gasteiger partial charge is 0.393 e. The van der Waals surface area contributed by atoms with Crippen LogP contribution in [0.25, 0.3) is 0 Å². The van der Waals surface area contributed by atoms with Gasteiger partial charge in [0.05, 0.1) is 11.6 Å². The molecule has 0 aliphatic heterocycles. The van der Waals surface area contributed by atoms with Gasteiger partial charge in [-0.05, 0) is 0 Å². The Balaban J connectivity index is 0.00000169. The van der Waals surface area contributed by atoms with Crippen LogP contribution in [0.2, 0.25) is 0 Å². The van der Waals surface area contributed by atoms with Gasteiger partial charge in [-0.3, -0.25) is 0 Å². The van der Waals surface area contributed by atoms with Crippen LogP contribution in [0.3, 0.4) is 0 Å². The van der Waals surface area contributed by atoms with E-state index < -0.39 is 18.6 Å². The van der Waals surface area contributed by atoms with Crippen molar-refractivity contribution in [1.82, 2.24) is 5.16 Å². The zero-order chi connectivity index (χ0) is 9.90. The Morgan fingerprint density at radius 3 is 2.50 bits per heavy atom. The molecule has 1 unspecified atom stereocenters. The zero-order valence-electron chi connectivity index (χ0n) is 7.12. The van der Waals surface area contributed by atoms with Crippen LogP contribution in [0, 0.1) is 5.92 Å². The predicted molar refractivity (Wildman–Crippen MR) is 46.1 cm³/mol. The normalized spacial score (nSPS) is 13.4. The first-order valence-electron chi connectivity index (χ1n) is 3.70. The molecule has 0 amide bonds. The van der Waals surface area contributed by atoms with E-state index in [1.165, 1.54) is 12.3 Å². The van der Waals surface area contributed by atoms with E-state index >= 15 is 0 Å². The highest BCUT2D eigenvalue weighted by atomic mass is 35.5. The number of hydrogen-bond donors (Lipinski definition) is 1. The Labute approximate surface area is 84.8 Å². The van der Waals surface area contributed by atoms with Crippen molar-refractivity contribution in [2.75, 3.05) is 6.54 Å². The fraction of sp³-hybridized carbons (Fsp3) is 0.571.